The molecule has 6 nitrogen and oxygen atoms in total. The van der Waals surface area contributed by atoms with Gasteiger partial charge in [0.25, 0.3) is 0 Å². The van der Waals surface area contributed by atoms with Crippen molar-refractivity contribution in [1.29, 1.82) is 0 Å². The lowest BCUT2D eigenvalue weighted by atomic mass is 10.0. The molecule has 0 saturated heterocycles. The molecule has 2 heterocycles. The Bertz CT molecular complexity index is 1190. The van der Waals surface area contributed by atoms with E-state index in [-0.39, 0.29) is 13.2 Å². The van der Waals surface area contributed by atoms with Crippen molar-refractivity contribution in [3.8, 4) is 0 Å². The number of rotatable bonds is 17. The highest BCUT2D eigenvalue weighted by Crippen LogP contribution is 2.23. The highest BCUT2D eigenvalue weighted by Gasteiger charge is 2.13. The molecule has 3 N–H and O–H groups in total. The minimum absolute atomic E-state index is 0. The first kappa shape index (κ1) is 41.7. The van der Waals surface area contributed by atoms with Crippen LogP contribution in [0.2, 0.25) is 0 Å². The van der Waals surface area contributed by atoms with Crippen molar-refractivity contribution in [3.63, 3.8) is 0 Å². The summed E-state index contributed by atoms with van der Waals surface area (Å²) >= 11 is 0. The average Bonchev–Trinajstić information content (AvgIpc) is 3.43. The zero-order valence-corrected chi connectivity index (χ0v) is 28.1. The number of unbranched alkanes of at least 4 members (excludes halogenated alkanes) is 7. The first-order valence-corrected chi connectivity index (χ1v) is 16.5. The smallest absolute Gasteiger partial charge is 0.126 e. The van der Waals surface area contributed by atoms with Crippen LogP contribution in [0.5, 0.6) is 0 Å². The number of hydrogen-bond acceptors (Lipinski definition) is 5. The first-order valence-electron chi connectivity index (χ1n) is 16.5. The number of hydrogen-bond donors (Lipinski definition) is 2. The van der Waals surface area contributed by atoms with Gasteiger partial charge in [0, 0.05) is 36.1 Å². The Morgan fingerprint density at radius 3 is 2.09 bits per heavy atom. The summed E-state index contributed by atoms with van der Waals surface area (Å²) in [6, 6.07) is 6.98. The first-order chi connectivity index (χ1) is 21.2. The summed E-state index contributed by atoms with van der Waals surface area (Å²) in [5.74, 6) is 0.431. The van der Waals surface area contributed by atoms with Crippen LogP contribution in [0.15, 0.2) is 67.5 Å². The normalized spacial score (nSPS) is 10.8. The van der Waals surface area contributed by atoms with Gasteiger partial charge in [-0.05, 0) is 80.2 Å². The second-order valence-corrected chi connectivity index (χ2v) is 11.6. The zero-order chi connectivity index (χ0) is 32.6. The number of nitrogens with zero attached hydrogens (tertiary/aromatic N) is 4. The Hall–Kier alpha value is -3.32. The molecule has 0 unspecified atom stereocenters. The van der Waals surface area contributed by atoms with Gasteiger partial charge >= 0.3 is 0 Å². The van der Waals surface area contributed by atoms with E-state index in [2.05, 4.69) is 49.3 Å². The van der Waals surface area contributed by atoms with Gasteiger partial charge in [-0.25, -0.2) is 19.0 Å². The standard InChI is InChI=1S/C14H23N3.C13H22N2O.C10H13F.CH4/c1-6-7-14-13(10(2)3)9-16-17(14)12(5)8-11(4)15;16-9-7-5-3-1-2-4-6-8-13-10-14-12-15-11-13;1-2-3-6-9-7-4-5-8-10(9)11;/h8-10H,4,6-7,15H2,1-3,5H3;10-12,16H,1-9H2;4-5,7-8H,2-3,6H2,1H3;1H4/b12-8-;;;. The molecular formula is C38H62FN5O. The van der Waals surface area contributed by atoms with Gasteiger partial charge in [-0.15, -0.1) is 0 Å². The minimum atomic E-state index is -0.0686. The van der Waals surface area contributed by atoms with E-state index < -0.39 is 0 Å². The van der Waals surface area contributed by atoms with Crippen LogP contribution in [0.25, 0.3) is 5.70 Å². The fraction of sp³-hybridized carbons (Fsp3) is 0.553. The maximum Gasteiger partial charge on any atom is 0.126 e. The van der Waals surface area contributed by atoms with Crippen molar-refractivity contribution in [2.75, 3.05) is 6.61 Å². The van der Waals surface area contributed by atoms with Crippen LogP contribution < -0.4 is 5.73 Å². The largest absolute Gasteiger partial charge is 0.399 e. The fourth-order valence-corrected chi connectivity index (χ4v) is 4.84. The van der Waals surface area contributed by atoms with Crippen LogP contribution in [0, 0.1) is 5.82 Å². The number of aryl methyl sites for hydroxylation is 2. The van der Waals surface area contributed by atoms with Crippen molar-refractivity contribution in [2.45, 2.75) is 131 Å². The molecule has 0 atom stereocenters. The molecule has 0 spiro atoms. The van der Waals surface area contributed by atoms with Crippen LogP contribution in [-0.2, 0) is 19.3 Å². The van der Waals surface area contributed by atoms with Crippen LogP contribution in [-0.4, -0.2) is 31.5 Å². The molecule has 252 valence electrons. The van der Waals surface area contributed by atoms with Crippen molar-refractivity contribution < 1.29 is 9.50 Å². The Labute approximate surface area is 274 Å². The molecule has 0 saturated carbocycles. The summed E-state index contributed by atoms with van der Waals surface area (Å²) in [5, 5.41) is 13.1. The number of halogens is 1. The zero-order valence-electron chi connectivity index (χ0n) is 28.1. The lowest BCUT2D eigenvalue weighted by molar-refractivity contribution is 0.282. The van der Waals surface area contributed by atoms with E-state index in [9.17, 15) is 4.39 Å². The van der Waals surface area contributed by atoms with Gasteiger partial charge in [0.05, 0.1) is 6.20 Å². The summed E-state index contributed by atoms with van der Waals surface area (Å²) in [5.41, 5.74) is 11.9. The quantitative estimate of drug-likeness (QED) is 0.115. The summed E-state index contributed by atoms with van der Waals surface area (Å²) in [4.78, 5) is 8.00. The maximum absolute atomic E-state index is 12.9. The average molecular weight is 624 g/mol. The molecule has 3 aromatic rings. The molecule has 45 heavy (non-hydrogen) atoms. The predicted octanol–water partition coefficient (Wildman–Crippen LogP) is 9.84. The highest BCUT2D eigenvalue weighted by atomic mass is 19.1. The van der Waals surface area contributed by atoms with E-state index >= 15 is 0 Å². The Morgan fingerprint density at radius 2 is 1.53 bits per heavy atom. The number of aromatic nitrogens is 4. The third kappa shape index (κ3) is 18.3. The number of aliphatic hydroxyl groups excluding tert-OH is 1. The van der Waals surface area contributed by atoms with Gasteiger partial charge in [-0.3, -0.25) is 0 Å². The van der Waals surface area contributed by atoms with Crippen molar-refractivity contribution >= 4 is 5.70 Å². The molecule has 3 rings (SSSR count). The molecule has 7 heteroatoms. The lowest BCUT2D eigenvalue weighted by Gasteiger charge is -2.11. The predicted molar refractivity (Wildman–Crippen MR) is 190 cm³/mol. The number of aliphatic hydroxyl groups is 1. The van der Waals surface area contributed by atoms with E-state index in [1.165, 1.54) is 61.4 Å². The molecule has 0 aliphatic rings. The Kier molecular flexibility index (Phi) is 24.0. The Morgan fingerprint density at radius 1 is 0.911 bits per heavy atom. The number of allylic oxidation sites excluding steroid dienone is 2. The van der Waals surface area contributed by atoms with E-state index in [1.54, 1.807) is 12.4 Å². The van der Waals surface area contributed by atoms with Crippen molar-refractivity contribution in [2.24, 2.45) is 5.73 Å². The maximum atomic E-state index is 12.9. The molecule has 0 amide bonds. The third-order valence-electron chi connectivity index (χ3n) is 7.23. The van der Waals surface area contributed by atoms with E-state index in [4.69, 9.17) is 10.8 Å². The van der Waals surface area contributed by atoms with Crippen LogP contribution in [0.1, 0.15) is 135 Å². The monoisotopic (exact) mass is 623 g/mol. The summed E-state index contributed by atoms with van der Waals surface area (Å²) in [6.07, 6.45) is 24.0. The number of benzene rings is 1. The fourth-order valence-electron chi connectivity index (χ4n) is 4.84. The molecular weight excluding hydrogens is 561 g/mol. The van der Waals surface area contributed by atoms with Crippen LogP contribution >= 0.6 is 0 Å². The Balaban J connectivity index is 0.000000652. The molecule has 0 bridgehead atoms. The molecule has 0 fully saturated rings. The number of nitrogens with two attached hydrogens (primary N) is 1. The van der Waals surface area contributed by atoms with Gasteiger partial charge in [-0.1, -0.05) is 105 Å². The molecule has 2 aromatic heterocycles. The topological polar surface area (TPSA) is 89.9 Å². The minimum Gasteiger partial charge on any atom is -0.399 e. The molecule has 0 aliphatic heterocycles. The van der Waals surface area contributed by atoms with Gasteiger partial charge in [0.2, 0.25) is 0 Å². The van der Waals surface area contributed by atoms with Crippen LogP contribution in [0.3, 0.4) is 0 Å². The SMILES string of the molecule is C.C=C(N)/C=C(/C)n1ncc(C(C)C)c1CCC.CCCCc1ccccc1F.OCCCCCCCCCc1cncnc1. The van der Waals surface area contributed by atoms with E-state index in [1.807, 2.05) is 48.4 Å². The lowest BCUT2D eigenvalue weighted by Crippen LogP contribution is -2.05. The second kappa shape index (κ2) is 26.0. The highest BCUT2D eigenvalue weighted by molar-refractivity contribution is 5.48. The summed E-state index contributed by atoms with van der Waals surface area (Å²) in [7, 11) is 0. The van der Waals surface area contributed by atoms with E-state index in [0.717, 1.165) is 56.2 Å². The van der Waals surface area contributed by atoms with Crippen molar-refractivity contribution in [1.82, 2.24) is 19.7 Å². The summed E-state index contributed by atoms with van der Waals surface area (Å²) in [6.45, 7) is 14.7. The molecule has 0 radical (unpaired) electrons. The van der Waals surface area contributed by atoms with Gasteiger partial charge in [0.1, 0.15) is 12.1 Å². The van der Waals surface area contributed by atoms with Gasteiger partial charge in [0.15, 0.2) is 0 Å². The third-order valence-corrected chi connectivity index (χ3v) is 7.23. The molecule has 1 aromatic carbocycles. The molecule has 0 aliphatic carbocycles. The van der Waals surface area contributed by atoms with Crippen molar-refractivity contribution in [3.05, 3.63) is 95.7 Å². The van der Waals surface area contributed by atoms with Gasteiger partial charge in [-0.2, -0.15) is 5.10 Å². The summed E-state index contributed by atoms with van der Waals surface area (Å²) < 4.78 is 14.9. The van der Waals surface area contributed by atoms with E-state index in [0.29, 0.717) is 18.2 Å². The van der Waals surface area contributed by atoms with Crippen LogP contribution in [0.4, 0.5) is 4.39 Å². The van der Waals surface area contributed by atoms with Gasteiger partial charge < -0.3 is 10.8 Å². The second-order valence-electron chi connectivity index (χ2n) is 11.6.